The van der Waals surface area contributed by atoms with Crippen molar-refractivity contribution >= 4 is 53.7 Å². The van der Waals surface area contributed by atoms with Gasteiger partial charge in [0.2, 0.25) is 0 Å². The molecule has 3 heteroatoms. The fraction of sp³-hybridized carbons (Fsp3) is 0. The molecule has 2 nitrogen and oxygen atoms in total. The second-order valence-electron chi connectivity index (χ2n) is 13.0. The fourth-order valence-corrected chi connectivity index (χ4v) is 8.53. The third kappa shape index (κ3) is 5.18. The van der Waals surface area contributed by atoms with Gasteiger partial charge in [0, 0.05) is 31.8 Å². The quantitative estimate of drug-likeness (QED) is 0.135. The molecule has 2 aromatic heterocycles. The summed E-state index contributed by atoms with van der Waals surface area (Å²) in [7, 11) is 0. The van der Waals surface area contributed by atoms with Gasteiger partial charge in [-0.25, -0.2) is 9.97 Å². The van der Waals surface area contributed by atoms with Gasteiger partial charge in [-0.05, 0) is 73.1 Å². The first kappa shape index (κ1) is 29.5. The molecular formula is C48H30N2S. The van der Waals surface area contributed by atoms with Gasteiger partial charge in [0.25, 0.3) is 0 Å². The van der Waals surface area contributed by atoms with Crippen molar-refractivity contribution in [2.45, 2.75) is 0 Å². The van der Waals surface area contributed by atoms with E-state index in [0.29, 0.717) is 5.82 Å². The van der Waals surface area contributed by atoms with Crippen LogP contribution in [0.15, 0.2) is 182 Å². The molecule has 0 unspecified atom stereocenters. The standard InChI is InChI=1S/C48H30N2S/c1-2-13-34(14-3-1)48-49-43(30-44(50-48)39-19-9-10-20-40(39)46-29-36-16-6-11-21-45(36)51-46)32-22-24-33(25-23-32)47-38-18-8-5-15-35(38)28-42-37-17-7-4-12-31(37)26-27-41(42)47/h1-30H. The summed E-state index contributed by atoms with van der Waals surface area (Å²) in [6.07, 6.45) is 0. The number of thiophene rings is 1. The van der Waals surface area contributed by atoms with Crippen LogP contribution in [0.2, 0.25) is 0 Å². The molecule has 0 radical (unpaired) electrons. The molecule has 0 aliphatic heterocycles. The Bertz CT molecular complexity index is 2870. The highest BCUT2D eigenvalue weighted by Crippen LogP contribution is 2.42. The molecule has 0 aliphatic rings. The summed E-state index contributed by atoms with van der Waals surface area (Å²) < 4.78 is 1.28. The van der Waals surface area contributed by atoms with Crippen LogP contribution in [-0.2, 0) is 0 Å². The van der Waals surface area contributed by atoms with Crippen LogP contribution < -0.4 is 0 Å². The van der Waals surface area contributed by atoms with E-state index in [1.807, 2.05) is 29.5 Å². The maximum Gasteiger partial charge on any atom is 0.160 e. The van der Waals surface area contributed by atoms with Crippen molar-refractivity contribution in [3.63, 3.8) is 0 Å². The molecule has 0 aliphatic carbocycles. The molecule has 0 fully saturated rings. The third-order valence-corrected chi connectivity index (χ3v) is 11.0. The van der Waals surface area contributed by atoms with E-state index >= 15 is 0 Å². The maximum absolute atomic E-state index is 5.19. The Labute approximate surface area is 300 Å². The van der Waals surface area contributed by atoms with Crippen LogP contribution in [-0.4, -0.2) is 9.97 Å². The summed E-state index contributed by atoms with van der Waals surface area (Å²) in [6.45, 7) is 0. The molecule has 10 rings (SSSR count). The number of hydrogen-bond acceptors (Lipinski definition) is 3. The molecule has 0 spiro atoms. The number of nitrogens with zero attached hydrogens (tertiary/aromatic N) is 2. The van der Waals surface area contributed by atoms with Gasteiger partial charge in [-0.15, -0.1) is 11.3 Å². The van der Waals surface area contributed by atoms with Gasteiger partial charge in [0.1, 0.15) is 0 Å². The Kier molecular flexibility index (Phi) is 7.04. The van der Waals surface area contributed by atoms with E-state index in [9.17, 15) is 0 Å². The van der Waals surface area contributed by atoms with Crippen LogP contribution in [0, 0.1) is 0 Å². The normalized spacial score (nSPS) is 11.5. The van der Waals surface area contributed by atoms with Crippen molar-refractivity contribution in [1.29, 1.82) is 0 Å². The predicted molar refractivity (Wildman–Crippen MR) is 217 cm³/mol. The topological polar surface area (TPSA) is 25.8 Å². The Morgan fingerprint density at radius 1 is 0.353 bits per heavy atom. The van der Waals surface area contributed by atoms with Crippen molar-refractivity contribution in [3.8, 4) is 55.5 Å². The van der Waals surface area contributed by atoms with Crippen molar-refractivity contribution in [1.82, 2.24) is 9.97 Å². The lowest BCUT2D eigenvalue weighted by molar-refractivity contribution is 1.18. The zero-order chi connectivity index (χ0) is 33.7. The number of hydrogen-bond donors (Lipinski definition) is 0. The van der Waals surface area contributed by atoms with Gasteiger partial charge >= 0.3 is 0 Å². The molecule has 0 atom stereocenters. The molecule has 51 heavy (non-hydrogen) atoms. The van der Waals surface area contributed by atoms with E-state index in [4.69, 9.17) is 9.97 Å². The lowest BCUT2D eigenvalue weighted by atomic mass is 9.89. The van der Waals surface area contributed by atoms with Crippen LogP contribution >= 0.6 is 11.3 Å². The van der Waals surface area contributed by atoms with E-state index < -0.39 is 0 Å². The van der Waals surface area contributed by atoms with Crippen LogP contribution in [0.1, 0.15) is 0 Å². The van der Waals surface area contributed by atoms with E-state index in [2.05, 4.69) is 164 Å². The minimum Gasteiger partial charge on any atom is -0.228 e. The molecule has 10 aromatic rings. The Morgan fingerprint density at radius 2 is 1.00 bits per heavy atom. The fourth-order valence-electron chi connectivity index (χ4n) is 7.42. The third-order valence-electron chi connectivity index (χ3n) is 9.89. The molecule has 0 saturated carbocycles. The molecule has 8 aromatic carbocycles. The average Bonchev–Trinajstić information content (AvgIpc) is 3.65. The molecule has 238 valence electrons. The van der Waals surface area contributed by atoms with E-state index in [1.165, 1.54) is 64.0 Å². The monoisotopic (exact) mass is 666 g/mol. The van der Waals surface area contributed by atoms with Crippen molar-refractivity contribution in [2.24, 2.45) is 0 Å². The molecule has 0 amide bonds. The van der Waals surface area contributed by atoms with Gasteiger partial charge in [0.05, 0.1) is 11.4 Å². The molecule has 0 N–H and O–H groups in total. The molecule has 2 heterocycles. The van der Waals surface area contributed by atoms with Crippen LogP contribution in [0.25, 0.3) is 97.9 Å². The smallest absolute Gasteiger partial charge is 0.160 e. The largest absolute Gasteiger partial charge is 0.228 e. The minimum absolute atomic E-state index is 0.713. The van der Waals surface area contributed by atoms with Crippen LogP contribution in [0.4, 0.5) is 0 Å². The van der Waals surface area contributed by atoms with Crippen LogP contribution in [0.3, 0.4) is 0 Å². The maximum atomic E-state index is 5.19. The van der Waals surface area contributed by atoms with E-state index in [0.717, 1.165) is 28.1 Å². The minimum atomic E-state index is 0.713. The number of fused-ring (bicyclic) bond motifs is 5. The number of aromatic nitrogens is 2. The lowest BCUT2D eigenvalue weighted by Crippen LogP contribution is -1.97. The Morgan fingerprint density at radius 3 is 1.82 bits per heavy atom. The van der Waals surface area contributed by atoms with Crippen LogP contribution in [0.5, 0.6) is 0 Å². The first-order valence-electron chi connectivity index (χ1n) is 17.2. The van der Waals surface area contributed by atoms with Gasteiger partial charge in [0.15, 0.2) is 5.82 Å². The zero-order valence-electron chi connectivity index (χ0n) is 27.6. The number of rotatable bonds is 5. The van der Waals surface area contributed by atoms with Gasteiger partial charge in [-0.1, -0.05) is 158 Å². The second-order valence-corrected chi connectivity index (χ2v) is 14.0. The highest BCUT2D eigenvalue weighted by molar-refractivity contribution is 7.22. The highest BCUT2D eigenvalue weighted by Gasteiger charge is 2.17. The van der Waals surface area contributed by atoms with Gasteiger partial charge in [-0.3, -0.25) is 0 Å². The highest BCUT2D eigenvalue weighted by atomic mass is 32.1. The predicted octanol–water partition coefficient (Wildman–Crippen LogP) is 13.5. The van der Waals surface area contributed by atoms with Crippen molar-refractivity contribution < 1.29 is 0 Å². The van der Waals surface area contributed by atoms with E-state index in [-0.39, 0.29) is 0 Å². The van der Waals surface area contributed by atoms with Gasteiger partial charge < -0.3 is 0 Å². The van der Waals surface area contributed by atoms with Gasteiger partial charge in [-0.2, -0.15) is 0 Å². The summed E-state index contributed by atoms with van der Waals surface area (Å²) in [5.74, 6) is 0.713. The summed E-state index contributed by atoms with van der Waals surface area (Å²) in [6, 6.07) is 65.1. The summed E-state index contributed by atoms with van der Waals surface area (Å²) >= 11 is 1.82. The Hall–Kier alpha value is -6.42. The average molecular weight is 667 g/mol. The SMILES string of the molecule is c1ccc(-c2nc(-c3ccc(-c4c5ccccc5cc5c4ccc4ccccc45)cc3)cc(-c3ccccc3-c3cc4ccccc4s3)n2)cc1. The molecule has 0 saturated heterocycles. The second kappa shape index (κ2) is 12.2. The summed E-state index contributed by atoms with van der Waals surface area (Å²) in [5, 5.41) is 8.81. The van der Waals surface area contributed by atoms with Crippen molar-refractivity contribution in [3.05, 3.63) is 182 Å². The number of benzene rings is 8. The lowest BCUT2D eigenvalue weighted by Gasteiger charge is -2.15. The molecular weight excluding hydrogens is 637 g/mol. The first-order valence-corrected chi connectivity index (χ1v) is 18.1. The molecule has 0 bridgehead atoms. The summed E-state index contributed by atoms with van der Waals surface area (Å²) in [4.78, 5) is 11.6. The van der Waals surface area contributed by atoms with Crippen molar-refractivity contribution in [2.75, 3.05) is 0 Å². The first-order chi connectivity index (χ1) is 25.3. The summed E-state index contributed by atoms with van der Waals surface area (Å²) in [5.41, 5.74) is 8.55. The Balaban J connectivity index is 1.13. The zero-order valence-corrected chi connectivity index (χ0v) is 28.4. The van der Waals surface area contributed by atoms with E-state index in [1.54, 1.807) is 0 Å².